The van der Waals surface area contributed by atoms with Crippen LogP contribution in [0.1, 0.15) is 5.76 Å². The van der Waals surface area contributed by atoms with Crippen molar-refractivity contribution in [2.24, 2.45) is 5.10 Å². The fraction of sp³-hybridized carbons (Fsp3) is 0. The summed E-state index contributed by atoms with van der Waals surface area (Å²) in [6.45, 7) is 0. The molecule has 0 aliphatic carbocycles. The molecule has 24 heavy (non-hydrogen) atoms. The molecule has 4 nitrogen and oxygen atoms in total. The third-order valence-electron chi connectivity index (χ3n) is 3.38. The third kappa shape index (κ3) is 3.25. The van der Waals surface area contributed by atoms with Crippen LogP contribution >= 0.6 is 27.3 Å². The number of hydrogen-bond donors (Lipinski definition) is 1. The monoisotopic (exact) mass is 397 g/mol. The molecule has 2 aromatic carbocycles. The van der Waals surface area contributed by atoms with Crippen molar-refractivity contribution in [2.75, 3.05) is 5.43 Å². The molecule has 0 radical (unpaired) electrons. The fourth-order valence-electron chi connectivity index (χ4n) is 2.29. The van der Waals surface area contributed by atoms with Crippen LogP contribution in [0, 0.1) is 0 Å². The maximum absolute atomic E-state index is 5.79. The summed E-state index contributed by atoms with van der Waals surface area (Å²) in [6.07, 6.45) is 1.65. The number of nitrogens with zero attached hydrogens (tertiary/aromatic N) is 2. The number of furan rings is 1. The third-order valence-corrected chi connectivity index (χ3v) is 4.82. The van der Waals surface area contributed by atoms with Crippen molar-refractivity contribution < 1.29 is 4.42 Å². The number of hydrogen-bond acceptors (Lipinski definition) is 5. The molecule has 0 spiro atoms. The van der Waals surface area contributed by atoms with Crippen molar-refractivity contribution in [1.82, 2.24) is 4.98 Å². The van der Waals surface area contributed by atoms with Crippen molar-refractivity contribution >= 4 is 48.8 Å². The van der Waals surface area contributed by atoms with E-state index in [9.17, 15) is 0 Å². The Labute approximate surface area is 151 Å². The molecule has 0 aliphatic rings. The second kappa shape index (κ2) is 6.59. The average Bonchev–Trinajstić information content (AvgIpc) is 3.21. The van der Waals surface area contributed by atoms with E-state index < -0.39 is 0 Å². The summed E-state index contributed by atoms with van der Waals surface area (Å²) in [4.78, 5) is 4.46. The first kappa shape index (κ1) is 15.1. The van der Waals surface area contributed by atoms with Gasteiger partial charge in [-0.05, 0) is 36.4 Å². The summed E-state index contributed by atoms with van der Waals surface area (Å²) >= 11 is 5.03. The van der Waals surface area contributed by atoms with Gasteiger partial charge >= 0.3 is 0 Å². The van der Waals surface area contributed by atoms with Crippen molar-refractivity contribution in [3.8, 4) is 11.3 Å². The number of fused-ring (bicyclic) bond motifs is 1. The SMILES string of the molecule is Brc1cccc(-c2ccc(/C=N/Nc3nc4ccccc4s3)o2)c1. The minimum absolute atomic E-state index is 0.679. The zero-order valence-corrected chi connectivity index (χ0v) is 14.8. The quantitative estimate of drug-likeness (QED) is 0.351. The number of benzene rings is 2. The topological polar surface area (TPSA) is 50.4 Å². The minimum Gasteiger partial charge on any atom is -0.455 e. The summed E-state index contributed by atoms with van der Waals surface area (Å²) in [6, 6.07) is 19.8. The number of thiazole rings is 1. The van der Waals surface area contributed by atoms with Crippen molar-refractivity contribution in [3.05, 3.63) is 70.9 Å². The molecule has 0 saturated carbocycles. The number of nitrogens with one attached hydrogen (secondary N) is 1. The van der Waals surface area contributed by atoms with Gasteiger partial charge in [0.25, 0.3) is 0 Å². The molecule has 2 aromatic heterocycles. The minimum atomic E-state index is 0.679. The van der Waals surface area contributed by atoms with Crippen molar-refractivity contribution in [3.63, 3.8) is 0 Å². The number of rotatable bonds is 4. The number of aromatic nitrogens is 1. The molecule has 6 heteroatoms. The van der Waals surface area contributed by atoms with Crippen molar-refractivity contribution in [1.29, 1.82) is 0 Å². The standard InChI is InChI=1S/C18H12BrN3OS/c19-13-5-3-4-12(10-13)16-9-8-14(23-16)11-20-22-18-21-15-6-1-2-7-17(15)24-18/h1-11H,(H,21,22)/b20-11+. The van der Waals surface area contributed by atoms with Crippen LogP contribution in [-0.4, -0.2) is 11.2 Å². The van der Waals surface area contributed by atoms with E-state index in [-0.39, 0.29) is 0 Å². The van der Waals surface area contributed by atoms with Gasteiger partial charge in [0.05, 0.1) is 16.4 Å². The molecule has 1 N–H and O–H groups in total. The van der Waals surface area contributed by atoms with E-state index in [1.807, 2.05) is 60.7 Å². The van der Waals surface area contributed by atoms with E-state index in [0.717, 1.165) is 31.1 Å². The zero-order chi connectivity index (χ0) is 16.4. The van der Waals surface area contributed by atoms with Gasteiger partial charge in [-0.25, -0.2) is 4.98 Å². The molecule has 0 bridgehead atoms. The lowest BCUT2D eigenvalue weighted by Gasteiger charge is -1.97. The first-order valence-corrected chi connectivity index (χ1v) is 8.89. The van der Waals surface area contributed by atoms with Crippen molar-refractivity contribution in [2.45, 2.75) is 0 Å². The van der Waals surface area contributed by atoms with E-state index in [0.29, 0.717) is 5.76 Å². The Morgan fingerprint density at radius 1 is 1.08 bits per heavy atom. The molecule has 0 fully saturated rings. The van der Waals surface area contributed by atoms with Crippen LogP contribution in [0.2, 0.25) is 0 Å². The lowest BCUT2D eigenvalue weighted by Crippen LogP contribution is -1.88. The Morgan fingerprint density at radius 3 is 2.88 bits per heavy atom. The van der Waals surface area contributed by atoms with E-state index in [4.69, 9.17) is 4.42 Å². The smallest absolute Gasteiger partial charge is 0.204 e. The van der Waals surface area contributed by atoms with Crippen LogP contribution in [0.25, 0.3) is 21.5 Å². The number of hydrazone groups is 1. The van der Waals surface area contributed by atoms with Crippen LogP contribution < -0.4 is 5.43 Å². The maximum atomic E-state index is 5.79. The normalized spacial score (nSPS) is 11.4. The Bertz CT molecular complexity index is 989. The van der Waals surface area contributed by atoms with E-state index in [1.165, 1.54) is 0 Å². The van der Waals surface area contributed by atoms with Gasteiger partial charge in [-0.1, -0.05) is 51.5 Å². The van der Waals surface area contributed by atoms with Gasteiger partial charge in [-0.15, -0.1) is 0 Å². The lowest BCUT2D eigenvalue weighted by atomic mass is 10.2. The Balaban J connectivity index is 1.48. The Morgan fingerprint density at radius 2 is 2.00 bits per heavy atom. The first-order chi connectivity index (χ1) is 11.8. The van der Waals surface area contributed by atoms with Gasteiger partial charge in [0.2, 0.25) is 5.13 Å². The summed E-state index contributed by atoms with van der Waals surface area (Å²) in [5.41, 5.74) is 4.93. The molecule has 0 aliphatic heterocycles. The summed E-state index contributed by atoms with van der Waals surface area (Å²) < 4.78 is 7.94. The van der Waals surface area contributed by atoms with Gasteiger partial charge in [0.15, 0.2) is 0 Å². The van der Waals surface area contributed by atoms with Crippen LogP contribution in [0.15, 0.2) is 74.7 Å². The molecular weight excluding hydrogens is 386 g/mol. The van der Waals surface area contributed by atoms with E-state index >= 15 is 0 Å². The van der Waals surface area contributed by atoms with Crippen LogP contribution in [0.5, 0.6) is 0 Å². The zero-order valence-electron chi connectivity index (χ0n) is 12.4. The van der Waals surface area contributed by atoms with E-state index in [2.05, 4.69) is 31.4 Å². The molecule has 0 amide bonds. The molecule has 118 valence electrons. The predicted octanol–water partition coefficient (Wildman–Crippen LogP) is 5.76. The second-order valence-electron chi connectivity index (χ2n) is 5.07. The molecule has 0 unspecified atom stereocenters. The Hall–Kier alpha value is -2.44. The molecular formula is C18H12BrN3OS. The summed E-state index contributed by atoms with van der Waals surface area (Å²) in [5, 5.41) is 4.96. The van der Waals surface area contributed by atoms with Gasteiger partial charge < -0.3 is 4.42 Å². The van der Waals surface area contributed by atoms with Gasteiger partial charge in [-0.3, -0.25) is 5.43 Å². The highest BCUT2D eigenvalue weighted by Gasteiger charge is 2.04. The molecule has 0 atom stereocenters. The molecule has 4 rings (SSSR count). The Kier molecular flexibility index (Phi) is 4.15. The van der Waals surface area contributed by atoms with Gasteiger partial charge in [0.1, 0.15) is 11.5 Å². The van der Waals surface area contributed by atoms with E-state index in [1.54, 1.807) is 17.6 Å². The van der Waals surface area contributed by atoms with Crippen LogP contribution in [-0.2, 0) is 0 Å². The fourth-order valence-corrected chi connectivity index (χ4v) is 3.51. The van der Waals surface area contributed by atoms with Crippen LogP contribution in [0.4, 0.5) is 5.13 Å². The van der Waals surface area contributed by atoms with Gasteiger partial charge in [-0.2, -0.15) is 5.10 Å². The maximum Gasteiger partial charge on any atom is 0.204 e. The number of para-hydroxylation sites is 1. The summed E-state index contributed by atoms with van der Waals surface area (Å²) in [5.74, 6) is 1.48. The second-order valence-corrected chi connectivity index (χ2v) is 7.02. The number of anilines is 1. The predicted molar refractivity (Wildman–Crippen MR) is 103 cm³/mol. The highest BCUT2D eigenvalue weighted by atomic mass is 79.9. The number of halogens is 1. The summed E-state index contributed by atoms with van der Waals surface area (Å²) in [7, 11) is 0. The molecule has 2 heterocycles. The largest absolute Gasteiger partial charge is 0.455 e. The lowest BCUT2D eigenvalue weighted by molar-refractivity contribution is 0.575. The molecule has 4 aromatic rings. The highest BCUT2D eigenvalue weighted by Crippen LogP contribution is 2.26. The van der Waals surface area contributed by atoms with Crippen LogP contribution in [0.3, 0.4) is 0 Å². The van der Waals surface area contributed by atoms with Gasteiger partial charge in [0, 0.05) is 10.0 Å². The average molecular weight is 398 g/mol. The molecule has 0 saturated heterocycles. The first-order valence-electron chi connectivity index (χ1n) is 7.28. The highest BCUT2D eigenvalue weighted by molar-refractivity contribution is 9.10.